The molecule has 0 spiro atoms. The zero-order chi connectivity index (χ0) is 16.2. The zero-order valence-corrected chi connectivity index (χ0v) is 14.8. The van der Waals surface area contributed by atoms with Crippen LogP contribution in [0.5, 0.6) is 0 Å². The van der Waals surface area contributed by atoms with Crippen molar-refractivity contribution < 1.29 is 4.79 Å². The van der Waals surface area contributed by atoms with Crippen LogP contribution in [0.15, 0.2) is 36.5 Å². The van der Waals surface area contributed by atoms with Gasteiger partial charge in [0.15, 0.2) is 0 Å². The summed E-state index contributed by atoms with van der Waals surface area (Å²) in [7, 11) is 0. The van der Waals surface area contributed by atoms with Crippen LogP contribution in [0, 0.1) is 13.8 Å². The number of aromatic nitrogens is 1. The second kappa shape index (κ2) is 8.13. The average Bonchev–Trinajstić information content (AvgIpc) is 2.58. The van der Waals surface area contributed by atoms with Gasteiger partial charge in [-0.15, -0.1) is 12.4 Å². The van der Waals surface area contributed by atoms with Crippen LogP contribution in [0.3, 0.4) is 0 Å². The van der Waals surface area contributed by atoms with Crippen LogP contribution in [0.25, 0.3) is 0 Å². The van der Waals surface area contributed by atoms with Crippen LogP contribution in [0.1, 0.15) is 21.5 Å². The highest BCUT2D eigenvalue weighted by Crippen LogP contribution is 2.17. The normalized spacial score (nSPS) is 14.0. The molecule has 0 unspecified atom stereocenters. The molecule has 1 aromatic carbocycles. The number of carbonyl (C=O) groups excluding carboxylic acids is 1. The van der Waals surface area contributed by atoms with Gasteiger partial charge in [-0.25, -0.2) is 4.98 Å². The second-order valence-corrected chi connectivity index (χ2v) is 5.91. The Bertz CT molecular complexity index is 697. The first-order chi connectivity index (χ1) is 11.1. The number of pyridine rings is 1. The monoisotopic (exact) mass is 346 g/mol. The summed E-state index contributed by atoms with van der Waals surface area (Å²) in [5, 5.41) is 6.21. The summed E-state index contributed by atoms with van der Waals surface area (Å²) < 4.78 is 0. The number of hydrogen-bond donors (Lipinski definition) is 2. The van der Waals surface area contributed by atoms with Crippen LogP contribution < -0.4 is 15.5 Å². The lowest BCUT2D eigenvalue weighted by atomic mass is 10.1. The van der Waals surface area contributed by atoms with Crippen LogP contribution in [0.4, 0.5) is 11.5 Å². The molecule has 6 heteroatoms. The summed E-state index contributed by atoms with van der Waals surface area (Å²) in [5.41, 5.74) is 3.82. The molecule has 1 amide bonds. The number of hydrogen-bond acceptors (Lipinski definition) is 4. The van der Waals surface area contributed by atoms with Crippen LogP contribution >= 0.6 is 12.4 Å². The topological polar surface area (TPSA) is 57.3 Å². The molecule has 1 aliphatic rings. The van der Waals surface area contributed by atoms with Crippen molar-refractivity contribution in [3.8, 4) is 0 Å². The standard InChI is InChI=1S/C18H22N4O.ClH/c1-13-3-4-14(2)16(11-13)18(23)21-17-6-5-15(12-20-17)22-9-7-19-8-10-22;/h3-6,11-12,19H,7-10H2,1-2H3,(H,20,21,23);1H. The number of piperazine rings is 1. The first-order valence-electron chi connectivity index (χ1n) is 7.94. The molecule has 0 atom stereocenters. The van der Waals surface area contributed by atoms with E-state index in [0.29, 0.717) is 11.4 Å². The SMILES string of the molecule is Cc1ccc(C)c(C(=O)Nc2ccc(N3CCNCC3)cn2)c1.Cl. The van der Waals surface area contributed by atoms with Crippen LogP contribution in [-0.4, -0.2) is 37.1 Å². The Labute approximate surface area is 148 Å². The molecule has 0 bridgehead atoms. The lowest BCUT2D eigenvalue weighted by Gasteiger charge is -2.29. The molecule has 0 aliphatic carbocycles. The molecule has 1 fully saturated rings. The molecule has 2 heterocycles. The maximum absolute atomic E-state index is 12.4. The predicted octanol–water partition coefficient (Wildman–Crippen LogP) is 2.78. The smallest absolute Gasteiger partial charge is 0.257 e. The molecule has 128 valence electrons. The molecule has 3 rings (SSSR count). The third kappa shape index (κ3) is 4.24. The van der Waals surface area contributed by atoms with Crippen molar-refractivity contribution in [2.75, 3.05) is 36.4 Å². The summed E-state index contributed by atoms with van der Waals surface area (Å²) in [4.78, 5) is 19.1. The summed E-state index contributed by atoms with van der Waals surface area (Å²) in [6, 6.07) is 9.75. The molecule has 2 N–H and O–H groups in total. The van der Waals surface area contributed by atoms with Gasteiger partial charge < -0.3 is 15.5 Å². The molecule has 1 saturated heterocycles. The predicted molar refractivity (Wildman–Crippen MR) is 100 cm³/mol. The van der Waals surface area contributed by atoms with E-state index in [-0.39, 0.29) is 18.3 Å². The Kier molecular flexibility index (Phi) is 6.17. The fraction of sp³-hybridized carbons (Fsp3) is 0.333. The van der Waals surface area contributed by atoms with E-state index in [2.05, 4.69) is 20.5 Å². The van der Waals surface area contributed by atoms with Crippen molar-refractivity contribution in [2.24, 2.45) is 0 Å². The number of halogens is 1. The minimum Gasteiger partial charge on any atom is -0.368 e. The van der Waals surface area contributed by atoms with E-state index in [0.717, 1.165) is 43.0 Å². The van der Waals surface area contributed by atoms with E-state index in [4.69, 9.17) is 0 Å². The van der Waals surface area contributed by atoms with Crippen molar-refractivity contribution in [3.05, 3.63) is 53.2 Å². The fourth-order valence-corrected chi connectivity index (χ4v) is 2.73. The number of benzene rings is 1. The molecule has 1 aliphatic heterocycles. The Morgan fingerprint density at radius 2 is 1.92 bits per heavy atom. The van der Waals surface area contributed by atoms with E-state index in [1.54, 1.807) is 0 Å². The molecule has 2 aromatic rings. The third-order valence-corrected chi connectivity index (χ3v) is 4.11. The number of amides is 1. The summed E-state index contributed by atoms with van der Waals surface area (Å²) >= 11 is 0. The second-order valence-electron chi connectivity index (χ2n) is 5.91. The Balaban J connectivity index is 0.00000208. The van der Waals surface area contributed by atoms with Gasteiger partial charge in [0, 0.05) is 31.7 Å². The molecule has 1 aromatic heterocycles. The van der Waals surface area contributed by atoms with E-state index < -0.39 is 0 Å². The van der Waals surface area contributed by atoms with Crippen molar-refractivity contribution in [1.82, 2.24) is 10.3 Å². The van der Waals surface area contributed by atoms with Gasteiger partial charge in [-0.05, 0) is 37.6 Å². The van der Waals surface area contributed by atoms with Gasteiger partial charge in [0.05, 0.1) is 11.9 Å². The molecule has 0 saturated carbocycles. The number of aryl methyl sites for hydroxylation is 2. The minimum atomic E-state index is -0.117. The Morgan fingerprint density at radius 1 is 1.17 bits per heavy atom. The maximum Gasteiger partial charge on any atom is 0.257 e. The van der Waals surface area contributed by atoms with Gasteiger partial charge in [-0.3, -0.25) is 4.79 Å². The van der Waals surface area contributed by atoms with Crippen molar-refractivity contribution in [2.45, 2.75) is 13.8 Å². The highest BCUT2D eigenvalue weighted by atomic mass is 35.5. The number of anilines is 2. The number of nitrogens with one attached hydrogen (secondary N) is 2. The molecule has 5 nitrogen and oxygen atoms in total. The minimum absolute atomic E-state index is 0. The lowest BCUT2D eigenvalue weighted by Crippen LogP contribution is -2.43. The van der Waals surface area contributed by atoms with Crippen LogP contribution in [-0.2, 0) is 0 Å². The molecular weight excluding hydrogens is 324 g/mol. The first-order valence-corrected chi connectivity index (χ1v) is 7.94. The van der Waals surface area contributed by atoms with Crippen molar-refractivity contribution in [3.63, 3.8) is 0 Å². The van der Waals surface area contributed by atoms with Crippen molar-refractivity contribution >= 4 is 29.8 Å². The third-order valence-electron chi connectivity index (χ3n) is 4.11. The van der Waals surface area contributed by atoms with Gasteiger partial charge in [0.25, 0.3) is 5.91 Å². The van der Waals surface area contributed by atoms with Gasteiger partial charge in [0.1, 0.15) is 5.82 Å². The summed E-state index contributed by atoms with van der Waals surface area (Å²) in [6.45, 7) is 7.87. The number of carbonyl (C=O) groups is 1. The Morgan fingerprint density at radius 3 is 2.58 bits per heavy atom. The average molecular weight is 347 g/mol. The van der Waals surface area contributed by atoms with Crippen LogP contribution in [0.2, 0.25) is 0 Å². The molecular formula is C18H23ClN4O. The number of rotatable bonds is 3. The highest BCUT2D eigenvalue weighted by molar-refractivity contribution is 6.04. The lowest BCUT2D eigenvalue weighted by molar-refractivity contribution is 0.102. The molecule has 0 radical (unpaired) electrons. The van der Waals surface area contributed by atoms with Gasteiger partial charge >= 0.3 is 0 Å². The van der Waals surface area contributed by atoms with E-state index in [1.165, 1.54) is 0 Å². The largest absolute Gasteiger partial charge is 0.368 e. The maximum atomic E-state index is 12.4. The number of nitrogens with zero attached hydrogens (tertiary/aromatic N) is 2. The van der Waals surface area contributed by atoms with Gasteiger partial charge in [-0.2, -0.15) is 0 Å². The van der Waals surface area contributed by atoms with E-state index in [1.807, 2.05) is 50.4 Å². The zero-order valence-electron chi connectivity index (χ0n) is 14.0. The fourth-order valence-electron chi connectivity index (χ4n) is 2.73. The quantitative estimate of drug-likeness (QED) is 0.897. The van der Waals surface area contributed by atoms with Gasteiger partial charge in [-0.1, -0.05) is 17.7 Å². The van der Waals surface area contributed by atoms with Gasteiger partial charge in [0.2, 0.25) is 0 Å². The van der Waals surface area contributed by atoms with E-state index in [9.17, 15) is 4.79 Å². The first kappa shape index (κ1) is 18.2. The summed E-state index contributed by atoms with van der Waals surface area (Å²) in [6.07, 6.45) is 1.82. The van der Waals surface area contributed by atoms with Crippen molar-refractivity contribution in [1.29, 1.82) is 0 Å². The summed E-state index contributed by atoms with van der Waals surface area (Å²) in [5.74, 6) is 0.461. The highest BCUT2D eigenvalue weighted by Gasteiger charge is 2.12. The van der Waals surface area contributed by atoms with E-state index >= 15 is 0 Å². The molecule has 24 heavy (non-hydrogen) atoms. The Hall–Kier alpha value is -2.11.